The number of carbonyl (C=O) groups is 1. The van der Waals surface area contributed by atoms with Gasteiger partial charge in [-0.25, -0.2) is 4.98 Å². The first-order valence-electron chi connectivity index (χ1n) is 8.29. The van der Waals surface area contributed by atoms with Crippen LogP contribution in [0.15, 0.2) is 83.9 Å². The summed E-state index contributed by atoms with van der Waals surface area (Å²) in [5, 5.41) is 2.71. The van der Waals surface area contributed by atoms with Gasteiger partial charge in [-0.3, -0.25) is 4.79 Å². The molecule has 5 heteroatoms. The van der Waals surface area contributed by atoms with Gasteiger partial charge in [0.1, 0.15) is 5.25 Å². The summed E-state index contributed by atoms with van der Waals surface area (Å²) in [6.45, 7) is 0.427. The minimum absolute atomic E-state index is 0.0270. The standard InChI is InChI=1S/C21H20N2O2S/c1-25-19-14-16(12-13-22-19)15-23-21(24)20(17-8-4-2-5-9-17)26-18-10-6-3-7-11-18/h2-14,20H,15H2,1H3,(H,23,24)/t20-/m1/s1. The van der Waals surface area contributed by atoms with E-state index in [0.29, 0.717) is 12.4 Å². The highest BCUT2D eigenvalue weighted by Gasteiger charge is 2.21. The fourth-order valence-corrected chi connectivity index (χ4v) is 3.56. The minimum atomic E-state index is -0.317. The van der Waals surface area contributed by atoms with Gasteiger partial charge < -0.3 is 10.1 Å². The molecule has 26 heavy (non-hydrogen) atoms. The van der Waals surface area contributed by atoms with Gasteiger partial charge >= 0.3 is 0 Å². The molecule has 2 aromatic carbocycles. The van der Waals surface area contributed by atoms with E-state index in [4.69, 9.17) is 4.74 Å². The number of ether oxygens (including phenoxy) is 1. The van der Waals surface area contributed by atoms with Crippen molar-refractivity contribution >= 4 is 17.7 Å². The molecular formula is C21H20N2O2S. The summed E-state index contributed by atoms with van der Waals surface area (Å²) in [5.74, 6) is 0.510. The average molecular weight is 364 g/mol. The van der Waals surface area contributed by atoms with Crippen LogP contribution in [0.2, 0.25) is 0 Å². The third kappa shape index (κ3) is 4.86. The van der Waals surface area contributed by atoms with Crippen LogP contribution in [0, 0.1) is 0 Å². The summed E-state index contributed by atoms with van der Waals surface area (Å²) in [5.41, 5.74) is 1.92. The molecule has 0 spiro atoms. The number of nitrogens with one attached hydrogen (secondary N) is 1. The van der Waals surface area contributed by atoms with Gasteiger partial charge in [0, 0.05) is 23.7 Å². The monoisotopic (exact) mass is 364 g/mol. The summed E-state index contributed by atoms with van der Waals surface area (Å²) in [7, 11) is 1.58. The Balaban J connectivity index is 1.74. The van der Waals surface area contributed by atoms with Crippen molar-refractivity contribution in [3.05, 3.63) is 90.1 Å². The number of methoxy groups -OCH3 is 1. The first kappa shape index (κ1) is 18.0. The van der Waals surface area contributed by atoms with E-state index in [1.807, 2.05) is 72.8 Å². The van der Waals surface area contributed by atoms with Gasteiger partial charge in [-0.2, -0.15) is 0 Å². The van der Waals surface area contributed by atoms with Gasteiger partial charge in [0.25, 0.3) is 0 Å². The van der Waals surface area contributed by atoms with Gasteiger partial charge in [0.15, 0.2) is 0 Å². The number of aromatic nitrogens is 1. The maximum Gasteiger partial charge on any atom is 0.238 e. The van der Waals surface area contributed by atoms with Crippen molar-refractivity contribution in [3.8, 4) is 5.88 Å². The number of hydrogen-bond acceptors (Lipinski definition) is 4. The lowest BCUT2D eigenvalue weighted by atomic mass is 10.1. The number of hydrogen-bond donors (Lipinski definition) is 1. The van der Waals surface area contributed by atoms with Gasteiger partial charge in [0.2, 0.25) is 11.8 Å². The predicted molar refractivity (Wildman–Crippen MR) is 104 cm³/mol. The fraction of sp³-hybridized carbons (Fsp3) is 0.143. The lowest BCUT2D eigenvalue weighted by Crippen LogP contribution is -2.27. The summed E-state index contributed by atoms with van der Waals surface area (Å²) >= 11 is 1.54. The molecule has 0 aliphatic rings. The van der Waals surface area contributed by atoms with E-state index in [2.05, 4.69) is 10.3 Å². The van der Waals surface area contributed by atoms with Crippen molar-refractivity contribution in [1.82, 2.24) is 10.3 Å². The van der Waals surface area contributed by atoms with E-state index in [1.165, 1.54) is 0 Å². The van der Waals surface area contributed by atoms with Crippen LogP contribution in [0.25, 0.3) is 0 Å². The van der Waals surface area contributed by atoms with Crippen molar-refractivity contribution in [2.45, 2.75) is 16.7 Å². The van der Waals surface area contributed by atoms with E-state index in [-0.39, 0.29) is 11.2 Å². The van der Waals surface area contributed by atoms with E-state index in [0.717, 1.165) is 16.0 Å². The molecule has 3 rings (SSSR count). The average Bonchev–Trinajstić information content (AvgIpc) is 2.72. The smallest absolute Gasteiger partial charge is 0.238 e. The normalized spacial score (nSPS) is 11.6. The quantitative estimate of drug-likeness (QED) is 0.637. The molecule has 1 amide bonds. The Morgan fingerprint density at radius 1 is 1.08 bits per heavy atom. The number of thioether (sulfide) groups is 1. The molecule has 4 nitrogen and oxygen atoms in total. The predicted octanol–water partition coefficient (Wildman–Crippen LogP) is 4.24. The fourth-order valence-electron chi connectivity index (χ4n) is 2.49. The molecule has 1 atom stereocenters. The number of benzene rings is 2. The van der Waals surface area contributed by atoms with Gasteiger partial charge in [-0.05, 0) is 29.3 Å². The van der Waals surface area contributed by atoms with Crippen LogP contribution in [-0.4, -0.2) is 18.0 Å². The van der Waals surface area contributed by atoms with Crippen LogP contribution in [0.3, 0.4) is 0 Å². The number of rotatable bonds is 7. The second kappa shape index (κ2) is 9.06. The molecule has 3 aromatic rings. The van der Waals surface area contributed by atoms with Crippen molar-refractivity contribution in [3.63, 3.8) is 0 Å². The molecule has 132 valence electrons. The summed E-state index contributed by atoms with van der Waals surface area (Å²) in [6.07, 6.45) is 1.67. The zero-order valence-electron chi connectivity index (χ0n) is 14.5. The highest BCUT2D eigenvalue weighted by atomic mass is 32.2. The van der Waals surface area contributed by atoms with Crippen molar-refractivity contribution in [2.24, 2.45) is 0 Å². The number of amides is 1. The molecule has 0 fully saturated rings. The van der Waals surface area contributed by atoms with Crippen molar-refractivity contribution < 1.29 is 9.53 Å². The summed E-state index contributed by atoms with van der Waals surface area (Å²) in [6, 6.07) is 23.5. The van der Waals surface area contributed by atoms with Crippen molar-refractivity contribution in [1.29, 1.82) is 0 Å². The number of pyridine rings is 1. The van der Waals surface area contributed by atoms with Crippen LogP contribution in [-0.2, 0) is 11.3 Å². The molecule has 0 unspecified atom stereocenters. The third-order valence-corrected chi connectivity index (χ3v) is 5.08. The Morgan fingerprint density at radius 3 is 2.46 bits per heavy atom. The Bertz CT molecular complexity index is 841. The molecule has 1 aromatic heterocycles. The van der Waals surface area contributed by atoms with Crippen LogP contribution in [0.5, 0.6) is 5.88 Å². The van der Waals surface area contributed by atoms with E-state index >= 15 is 0 Å². The van der Waals surface area contributed by atoms with Crippen LogP contribution in [0.4, 0.5) is 0 Å². The first-order valence-corrected chi connectivity index (χ1v) is 9.17. The van der Waals surface area contributed by atoms with E-state index in [9.17, 15) is 4.79 Å². The molecule has 0 aliphatic carbocycles. The second-order valence-electron chi connectivity index (χ2n) is 5.65. The Morgan fingerprint density at radius 2 is 1.77 bits per heavy atom. The molecule has 1 N–H and O–H groups in total. The van der Waals surface area contributed by atoms with Gasteiger partial charge in [0.05, 0.1) is 7.11 Å². The molecule has 1 heterocycles. The van der Waals surface area contributed by atoms with Crippen LogP contribution >= 0.6 is 11.8 Å². The molecule has 0 radical (unpaired) electrons. The molecule has 0 saturated carbocycles. The topological polar surface area (TPSA) is 51.2 Å². The zero-order chi connectivity index (χ0) is 18.2. The Kier molecular flexibility index (Phi) is 6.28. The van der Waals surface area contributed by atoms with E-state index in [1.54, 1.807) is 25.1 Å². The minimum Gasteiger partial charge on any atom is -0.481 e. The Hall–Kier alpha value is -2.79. The lowest BCUT2D eigenvalue weighted by molar-refractivity contribution is -0.120. The molecule has 0 bridgehead atoms. The SMILES string of the molecule is COc1cc(CNC(=O)[C@H](Sc2ccccc2)c2ccccc2)ccn1. The molecule has 0 saturated heterocycles. The lowest BCUT2D eigenvalue weighted by Gasteiger charge is -2.17. The first-order chi connectivity index (χ1) is 12.8. The van der Waals surface area contributed by atoms with Crippen molar-refractivity contribution in [2.75, 3.05) is 7.11 Å². The molecule has 0 aliphatic heterocycles. The van der Waals surface area contributed by atoms with E-state index < -0.39 is 0 Å². The molecular weight excluding hydrogens is 344 g/mol. The number of nitrogens with zero attached hydrogens (tertiary/aromatic N) is 1. The van der Waals surface area contributed by atoms with Crippen LogP contribution in [0.1, 0.15) is 16.4 Å². The maximum atomic E-state index is 12.9. The summed E-state index contributed by atoms with van der Waals surface area (Å²) in [4.78, 5) is 18.0. The van der Waals surface area contributed by atoms with Crippen LogP contribution < -0.4 is 10.1 Å². The third-order valence-electron chi connectivity index (χ3n) is 3.81. The Labute approximate surface area is 157 Å². The van der Waals surface area contributed by atoms with Gasteiger partial charge in [-0.1, -0.05) is 48.5 Å². The van der Waals surface area contributed by atoms with Gasteiger partial charge in [-0.15, -0.1) is 11.8 Å². The summed E-state index contributed by atoms with van der Waals surface area (Å²) < 4.78 is 5.13. The largest absolute Gasteiger partial charge is 0.481 e. The highest BCUT2D eigenvalue weighted by Crippen LogP contribution is 2.35. The second-order valence-corrected chi connectivity index (χ2v) is 6.82. The highest BCUT2D eigenvalue weighted by molar-refractivity contribution is 8.00. The maximum absolute atomic E-state index is 12.9. The zero-order valence-corrected chi connectivity index (χ0v) is 15.3. The number of carbonyl (C=O) groups excluding carboxylic acids is 1.